The highest BCUT2D eigenvalue weighted by Gasteiger charge is 2.06. The van der Waals surface area contributed by atoms with E-state index in [0.29, 0.717) is 18.2 Å². The maximum absolute atomic E-state index is 11.1. The highest BCUT2D eigenvalue weighted by atomic mass is 32.1. The van der Waals surface area contributed by atoms with Crippen molar-refractivity contribution in [3.05, 3.63) is 12.2 Å². The SMILES string of the molecule is CC=CC(=O)CCOC(=S)N(CC)CC.NC(O)=S. The Balaban J connectivity index is 0. The molecule has 0 aromatic carbocycles. The molecule has 0 aliphatic carbocycles. The van der Waals surface area contributed by atoms with E-state index in [1.54, 1.807) is 12.2 Å². The monoisotopic (exact) mass is 306 g/mol. The van der Waals surface area contributed by atoms with Crippen LogP contribution in [0.1, 0.15) is 27.2 Å². The van der Waals surface area contributed by atoms with E-state index in [4.69, 9.17) is 22.1 Å². The zero-order valence-corrected chi connectivity index (χ0v) is 13.2. The van der Waals surface area contributed by atoms with Gasteiger partial charge in [0.25, 0.3) is 10.3 Å². The molecule has 0 aliphatic rings. The van der Waals surface area contributed by atoms with Crippen LogP contribution >= 0.6 is 24.4 Å². The molecule has 0 aromatic rings. The van der Waals surface area contributed by atoms with Crippen molar-refractivity contribution in [1.82, 2.24) is 4.90 Å². The molecule has 0 heterocycles. The van der Waals surface area contributed by atoms with Crippen LogP contribution in [-0.2, 0) is 9.53 Å². The van der Waals surface area contributed by atoms with Gasteiger partial charge in [0.05, 0.1) is 6.61 Å². The molecule has 0 atom stereocenters. The molecule has 0 fully saturated rings. The topological polar surface area (TPSA) is 75.8 Å². The number of hydrogen-bond acceptors (Lipinski definition) is 4. The van der Waals surface area contributed by atoms with Crippen LogP contribution < -0.4 is 5.73 Å². The van der Waals surface area contributed by atoms with Crippen molar-refractivity contribution in [2.24, 2.45) is 5.73 Å². The molecular weight excluding hydrogens is 284 g/mol. The second-order valence-corrected chi connectivity index (χ2v) is 4.11. The van der Waals surface area contributed by atoms with Crippen molar-refractivity contribution >= 4 is 40.6 Å². The second-order valence-electron chi connectivity index (χ2n) is 3.34. The Hall–Kier alpha value is -1.21. The summed E-state index contributed by atoms with van der Waals surface area (Å²) in [5.74, 6) is 0.0693. The Bertz CT molecular complexity index is 312. The fourth-order valence-electron chi connectivity index (χ4n) is 1.08. The number of hydrogen-bond donors (Lipinski definition) is 2. The van der Waals surface area contributed by atoms with Crippen molar-refractivity contribution in [3.8, 4) is 0 Å². The van der Waals surface area contributed by atoms with E-state index >= 15 is 0 Å². The van der Waals surface area contributed by atoms with Gasteiger partial charge in [0, 0.05) is 19.5 Å². The van der Waals surface area contributed by atoms with Gasteiger partial charge in [-0.05, 0) is 51.3 Å². The van der Waals surface area contributed by atoms with Crippen LogP contribution in [0.5, 0.6) is 0 Å². The largest absolute Gasteiger partial charge is 0.487 e. The number of aliphatic hydroxyl groups excluding tert-OH is 1. The van der Waals surface area contributed by atoms with Crippen molar-refractivity contribution < 1.29 is 14.6 Å². The van der Waals surface area contributed by atoms with Crippen molar-refractivity contribution in [1.29, 1.82) is 0 Å². The van der Waals surface area contributed by atoms with Gasteiger partial charge in [-0.25, -0.2) is 0 Å². The number of ether oxygens (including phenoxy) is 1. The average molecular weight is 306 g/mol. The van der Waals surface area contributed by atoms with Crippen LogP contribution in [0.3, 0.4) is 0 Å². The number of carbonyl (C=O) groups excluding carboxylic acids is 1. The Labute approximate surface area is 125 Å². The van der Waals surface area contributed by atoms with Crippen molar-refractivity contribution in [2.45, 2.75) is 27.2 Å². The van der Waals surface area contributed by atoms with Crippen LogP contribution in [-0.4, -0.2) is 45.8 Å². The first-order valence-corrected chi connectivity index (χ1v) is 6.76. The van der Waals surface area contributed by atoms with Crippen LogP contribution in [0.2, 0.25) is 0 Å². The minimum absolute atomic E-state index is 0.0693. The molecule has 19 heavy (non-hydrogen) atoms. The number of carbonyl (C=O) groups is 1. The summed E-state index contributed by atoms with van der Waals surface area (Å²) in [6, 6.07) is 0. The summed E-state index contributed by atoms with van der Waals surface area (Å²) in [5, 5.41) is 7.54. The molecule has 0 saturated heterocycles. The number of thiocarbonyl (C=S) groups is 2. The zero-order chi connectivity index (χ0) is 15.3. The lowest BCUT2D eigenvalue weighted by Gasteiger charge is -2.20. The number of nitrogens with two attached hydrogens (primary N) is 1. The predicted octanol–water partition coefficient (Wildman–Crippen LogP) is 1.95. The first-order chi connectivity index (χ1) is 8.88. The van der Waals surface area contributed by atoms with Gasteiger partial charge in [0.2, 0.25) is 0 Å². The van der Waals surface area contributed by atoms with Gasteiger partial charge >= 0.3 is 0 Å². The summed E-state index contributed by atoms with van der Waals surface area (Å²) in [4.78, 5) is 13.0. The van der Waals surface area contributed by atoms with Crippen LogP contribution in [0.25, 0.3) is 0 Å². The third kappa shape index (κ3) is 14.7. The molecule has 0 bridgehead atoms. The smallest absolute Gasteiger partial charge is 0.259 e. The van der Waals surface area contributed by atoms with Crippen LogP contribution in [0.15, 0.2) is 12.2 Å². The molecule has 110 valence electrons. The third-order valence-corrected chi connectivity index (χ3v) is 2.32. The molecule has 0 amide bonds. The maximum Gasteiger partial charge on any atom is 0.259 e. The number of aliphatic hydroxyl groups is 1. The third-order valence-electron chi connectivity index (χ3n) is 1.95. The molecule has 0 rings (SSSR count). The van der Waals surface area contributed by atoms with Gasteiger partial charge in [0.15, 0.2) is 5.78 Å². The van der Waals surface area contributed by atoms with Gasteiger partial charge in [-0.3, -0.25) is 4.79 Å². The summed E-state index contributed by atoms with van der Waals surface area (Å²) < 4.78 is 5.31. The Kier molecular flexibility index (Phi) is 14.0. The van der Waals surface area contributed by atoms with Gasteiger partial charge in [-0.15, -0.1) is 0 Å². The lowest BCUT2D eigenvalue weighted by molar-refractivity contribution is -0.115. The molecule has 5 nitrogen and oxygen atoms in total. The Morgan fingerprint density at radius 2 is 1.84 bits per heavy atom. The number of ketones is 1. The maximum atomic E-state index is 11.1. The summed E-state index contributed by atoms with van der Waals surface area (Å²) in [5.41, 5.74) is 4.40. The Morgan fingerprint density at radius 1 is 1.37 bits per heavy atom. The first kappa shape index (κ1) is 20.1. The zero-order valence-electron chi connectivity index (χ0n) is 11.6. The fourth-order valence-corrected chi connectivity index (χ4v) is 1.42. The normalized spacial score (nSPS) is 9.42. The van der Waals surface area contributed by atoms with E-state index in [0.717, 1.165) is 13.1 Å². The summed E-state index contributed by atoms with van der Waals surface area (Å²) >= 11 is 8.94. The minimum atomic E-state index is -0.500. The highest BCUT2D eigenvalue weighted by Crippen LogP contribution is 1.96. The molecule has 0 saturated carbocycles. The Morgan fingerprint density at radius 3 is 2.21 bits per heavy atom. The quantitative estimate of drug-likeness (QED) is 0.574. The van der Waals surface area contributed by atoms with Gasteiger partial charge in [0.1, 0.15) is 0 Å². The van der Waals surface area contributed by atoms with Crippen molar-refractivity contribution in [2.75, 3.05) is 19.7 Å². The molecule has 0 aromatic heterocycles. The van der Waals surface area contributed by atoms with E-state index in [1.165, 1.54) is 0 Å². The van der Waals surface area contributed by atoms with Gasteiger partial charge in [-0.2, -0.15) is 0 Å². The predicted molar refractivity (Wildman–Crippen MR) is 85.3 cm³/mol. The molecule has 3 N–H and O–H groups in total. The molecule has 0 unspecified atom stereocenters. The second kappa shape index (κ2) is 13.2. The highest BCUT2D eigenvalue weighted by molar-refractivity contribution is 7.80. The molecular formula is C12H22N2O3S2. The van der Waals surface area contributed by atoms with E-state index < -0.39 is 5.17 Å². The lowest BCUT2D eigenvalue weighted by Crippen LogP contribution is -2.31. The minimum Gasteiger partial charge on any atom is -0.487 e. The van der Waals surface area contributed by atoms with Gasteiger partial charge in [-0.1, -0.05) is 6.08 Å². The molecule has 0 aliphatic heterocycles. The molecule has 7 heteroatoms. The fraction of sp³-hybridized carbons (Fsp3) is 0.583. The summed E-state index contributed by atoms with van der Waals surface area (Å²) in [6.45, 7) is 7.88. The summed E-state index contributed by atoms with van der Waals surface area (Å²) in [7, 11) is 0. The van der Waals surface area contributed by atoms with E-state index in [2.05, 4.69) is 18.0 Å². The number of nitrogens with zero attached hydrogens (tertiary/aromatic N) is 1. The first-order valence-electron chi connectivity index (χ1n) is 5.94. The van der Waals surface area contributed by atoms with Crippen molar-refractivity contribution in [3.63, 3.8) is 0 Å². The molecule has 0 radical (unpaired) electrons. The van der Waals surface area contributed by atoms with E-state index in [1.807, 2.05) is 25.7 Å². The standard InChI is InChI=1S/C11H19NO2S.CH3NOS/c1-4-7-10(13)8-9-14-11(15)12(5-2)6-3;2-1(3)4/h4,7H,5-6,8-9H2,1-3H3;(H3,2,3,4). The lowest BCUT2D eigenvalue weighted by atomic mass is 10.3. The number of allylic oxidation sites excluding steroid dienone is 2. The van der Waals surface area contributed by atoms with Crippen LogP contribution in [0.4, 0.5) is 0 Å². The van der Waals surface area contributed by atoms with Crippen LogP contribution in [0, 0.1) is 0 Å². The average Bonchev–Trinajstić information content (AvgIpc) is 2.30. The van der Waals surface area contributed by atoms with E-state index in [9.17, 15) is 4.79 Å². The number of rotatable bonds is 6. The molecule has 0 spiro atoms. The van der Waals surface area contributed by atoms with Gasteiger partial charge < -0.3 is 20.5 Å². The summed E-state index contributed by atoms with van der Waals surface area (Å²) in [6.07, 6.45) is 3.65. The van der Waals surface area contributed by atoms with E-state index in [-0.39, 0.29) is 5.78 Å².